The van der Waals surface area contributed by atoms with E-state index in [4.69, 9.17) is 17.4 Å². The quantitative estimate of drug-likeness (QED) is 0.574. The zero-order valence-corrected chi connectivity index (χ0v) is 11.9. The van der Waals surface area contributed by atoms with Crippen LogP contribution >= 0.6 is 11.6 Å². The molecule has 0 aliphatic rings. The average molecular weight is 313 g/mol. The predicted molar refractivity (Wildman–Crippen MR) is 77.5 cm³/mol. The van der Waals surface area contributed by atoms with Crippen LogP contribution in [0.4, 0.5) is 5.82 Å². The first kappa shape index (κ1) is 14.7. The Bertz CT molecular complexity index is 706. The highest BCUT2D eigenvalue weighted by molar-refractivity contribution is 7.89. The Hall–Kier alpha value is -1.67. The molecule has 4 N–H and O–H groups in total. The van der Waals surface area contributed by atoms with Crippen LogP contribution < -0.4 is 16.0 Å². The van der Waals surface area contributed by atoms with E-state index in [1.807, 2.05) is 0 Å². The highest BCUT2D eigenvalue weighted by Gasteiger charge is 2.14. The van der Waals surface area contributed by atoms with Gasteiger partial charge < -0.3 is 5.43 Å². The van der Waals surface area contributed by atoms with Crippen molar-refractivity contribution < 1.29 is 8.42 Å². The second-order valence-electron chi connectivity index (χ2n) is 3.98. The molecule has 0 spiro atoms. The summed E-state index contributed by atoms with van der Waals surface area (Å²) in [6.07, 6.45) is 1.36. The standard InChI is InChI=1S/C12H13ClN4O2S/c13-10-3-1-2-9(6-10)8-16-20(18,19)11-4-5-15-12(7-11)17-14/h1-7,16H,8,14H2,(H,15,17). The minimum Gasteiger partial charge on any atom is -0.308 e. The number of nitrogen functional groups attached to an aromatic ring is 1. The summed E-state index contributed by atoms with van der Waals surface area (Å²) in [6, 6.07) is 9.70. The van der Waals surface area contributed by atoms with Crippen molar-refractivity contribution in [3.05, 3.63) is 53.2 Å². The van der Waals surface area contributed by atoms with E-state index in [0.717, 1.165) is 5.56 Å². The van der Waals surface area contributed by atoms with Crippen molar-refractivity contribution in [1.29, 1.82) is 0 Å². The number of benzene rings is 1. The number of rotatable bonds is 5. The number of aromatic nitrogens is 1. The third-order valence-corrected chi connectivity index (χ3v) is 4.18. The second-order valence-corrected chi connectivity index (χ2v) is 6.18. The monoisotopic (exact) mass is 312 g/mol. The number of nitrogens with one attached hydrogen (secondary N) is 2. The number of hydrogen-bond acceptors (Lipinski definition) is 5. The highest BCUT2D eigenvalue weighted by Crippen LogP contribution is 2.14. The molecule has 0 saturated carbocycles. The van der Waals surface area contributed by atoms with Crippen LogP contribution in [0.15, 0.2) is 47.5 Å². The first-order valence-corrected chi connectivity index (χ1v) is 7.54. The van der Waals surface area contributed by atoms with E-state index >= 15 is 0 Å². The fraction of sp³-hybridized carbons (Fsp3) is 0.0833. The molecule has 0 fully saturated rings. The lowest BCUT2D eigenvalue weighted by molar-refractivity contribution is 0.581. The van der Waals surface area contributed by atoms with E-state index in [0.29, 0.717) is 5.02 Å². The number of anilines is 1. The van der Waals surface area contributed by atoms with E-state index in [1.54, 1.807) is 24.3 Å². The van der Waals surface area contributed by atoms with Gasteiger partial charge in [0.25, 0.3) is 0 Å². The lowest BCUT2D eigenvalue weighted by Gasteiger charge is -2.08. The fourth-order valence-electron chi connectivity index (χ4n) is 1.57. The van der Waals surface area contributed by atoms with Crippen molar-refractivity contribution in [3.63, 3.8) is 0 Å². The van der Waals surface area contributed by atoms with Crippen molar-refractivity contribution in [2.75, 3.05) is 5.43 Å². The van der Waals surface area contributed by atoms with Gasteiger partial charge in [-0.25, -0.2) is 24.0 Å². The molecule has 8 heteroatoms. The molecule has 20 heavy (non-hydrogen) atoms. The number of nitrogens with zero attached hydrogens (tertiary/aromatic N) is 1. The summed E-state index contributed by atoms with van der Waals surface area (Å²) < 4.78 is 26.7. The number of sulfonamides is 1. The lowest BCUT2D eigenvalue weighted by Crippen LogP contribution is -2.23. The number of pyridine rings is 1. The summed E-state index contributed by atoms with van der Waals surface area (Å²) >= 11 is 5.84. The molecule has 1 aromatic carbocycles. The first-order chi connectivity index (χ1) is 9.51. The summed E-state index contributed by atoms with van der Waals surface area (Å²) in [7, 11) is -3.63. The second kappa shape index (κ2) is 6.19. The van der Waals surface area contributed by atoms with Crippen LogP contribution in [0, 0.1) is 0 Å². The van der Waals surface area contributed by atoms with Gasteiger partial charge >= 0.3 is 0 Å². The minimum atomic E-state index is -3.63. The topological polar surface area (TPSA) is 97.1 Å². The SMILES string of the molecule is NNc1cc(S(=O)(=O)NCc2cccc(Cl)c2)ccn1. The summed E-state index contributed by atoms with van der Waals surface area (Å²) in [5.74, 6) is 5.47. The normalized spacial score (nSPS) is 11.3. The molecule has 0 aliphatic carbocycles. The van der Waals surface area contributed by atoms with E-state index in [9.17, 15) is 8.42 Å². The smallest absolute Gasteiger partial charge is 0.241 e. The Morgan fingerprint density at radius 2 is 2.05 bits per heavy atom. The maximum Gasteiger partial charge on any atom is 0.241 e. The number of halogens is 1. The molecule has 1 heterocycles. The molecule has 0 aliphatic heterocycles. The zero-order chi connectivity index (χ0) is 14.6. The van der Waals surface area contributed by atoms with Crippen LogP contribution in [0.2, 0.25) is 5.02 Å². The molecular formula is C12H13ClN4O2S. The van der Waals surface area contributed by atoms with E-state index in [2.05, 4.69) is 15.1 Å². The average Bonchev–Trinajstić information content (AvgIpc) is 2.45. The zero-order valence-electron chi connectivity index (χ0n) is 10.4. The van der Waals surface area contributed by atoms with Gasteiger partial charge in [0.2, 0.25) is 10.0 Å². The highest BCUT2D eigenvalue weighted by atomic mass is 35.5. The first-order valence-electron chi connectivity index (χ1n) is 5.68. The molecule has 1 aromatic heterocycles. The van der Waals surface area contributed by atoms with E-state index < -0.39 is 10.0 Å². The maximum absolute atomic E-state index is 12.1. The van der Waals surface area contributed by atoms with Gasteiger partial charge in [0.15, 0.2) is 0 Å². The van der Waals surface area contributed by atoms with Gasteiger partial charge in [0.1, 0.15) is 5.82 Å². The van der Waals surface area contributed by atoms with Crippen LogP contribution in [-0.2, 0) is 16.6 Å². The Kier molecular flexibility index (Phi) is 4.56. The van der Waals surface area contributed by atoms with E-state index in [-0.39, 0.29) is 17.3 Å². The van der Waals surface area contributed by atoms with Crippen LogP contribution in [-0.4, -0.2) is 13.4 Å². The molecule has 0 unspecified atom stereocenters. The Labute approximate surface area is 122 Å². The molecule has 0 atom stereocenters. The molecule has 2 aromatic rings. The van der Waals surface area contributed by atoms with E-state index in [1.165, 1.54) is 18.3 Å². The van der Waals surface area contributed by atoms with Crippen LogP contribution in [0.3, 0.4) is 0 Å². The third kappa shape index (κ3) is 3.67. The molecule has 0 saturated heterocycles. The molecular weight excluding hydrogens is 300 g/mol. The van der Waals surface area contributed by atoms with Gasteiger partial charge in [-0.15, -0.1) is 0 Å². The molecule has 6 nitrogen and oxygen atoms in total. The van der Waals surface area contributed by atoms with Crippen molar-refractivity contribution in [2.45, 2.75) is 11.4 Å². The predicted octanol–water partition coefficient (Wildman–Crippen LogP) is 1.50. The van der Waals surface area contributed by atoms with Gasteiger partial charge in [-0.2, -0.15) is 0 Å². The molecule has 0 bridgehead atoms. The Morgan fingerprint density at radius 1 is 1.25 bits per heavy atom. The fourth-order valence-corrected chi connectivity index (χ4v) is 2.81. The molecule has 106 valence electrons. The van der Waals surface area contributed by atoms with Crippen LogP contribution in [0.1, 0.15) is 5.56 Å². The largest absolute Gasteiger partial charge is 0.308 e. The van der Waals surface area contributed by atoms with Gasteiger partial charge in [-0.3, -0.25) is 0 Å². The van der Waals surface area contributed by atoms with Crippen molar-refractivity contribution in [2.24, 2.45) is 5.84 Å². The lowest BCUT2D eigenvalue weighted by atomic mass is 10.2. The summed E-state index contributed by atoms with van der Waals surface area (Å²) in [6.45, 7) is 0.149. The molecule has 0 amide bonds. The van der Waals surface area contributed by atoms with Crippen molar-refractivity contribution >= 4 is 27.4 Å². The summed E-state index contributed by atoms with van der Waals surface area (Å²) in [4.78, 5) is 3.94. The molecule has 2 rings (SSSR count). The summed E-state index contributed by atoms with van der Waals surface area (Å²) in [5, 5.41) is 0.556. The molecule has 0 radical (unpaired) electrons. The van der Waals surface area contributed by atoms with Gasteiger partial charge in [-0.1, -0.05) is 23.7 Å². The Balaban J connectivity index is 2.15. The van der Waals surface area contributed by atoms with Gasteiger partial charge in [0.05, 0.1) is 4.90 Å². The van der Waals surface area contributed by atoms with Crippen LogP contribution in [0.5, 0.6) is 0 Å². The van der Waals surface area contributed by atoms with Gasteiger partial charge in [-0.05, 0) is 23.8 Å². The van der Waals surface area contributed by atoms with Crippen LogP contribution in [0.25, 0.3) is 0 Å². The number of nitrogens with two attached hydrogens (primary N) is 1. The van der Waals surface area contributed by atoms with Crippen molar-refractivity contribution in [1.82, 2.24) is 9.71 Å². The summed E-state index contributed by atoms with van der Waals surface area (Å²) in [5.41, 5.74) is 3.07. The van der Waals surface area contributed by atoms with Gasteiger partial charge in [0, 0.05) is 23.8 Å². The Morgan fingerprint density at radius 3 is 2.75 bits per heavy atom. The minimum absolute atomic E-state index is 0.0856. The number of hydrogen-bond donors (Lipinski definition) is 3. The maximum atomic E-state index is 12.1. The van der Waals surface area contributed by atoms with Crippen molar-refractivity contribution in [3.8, 4) is 0 Å². The third-order valence-electron chi connectivity index (χ3n) is 2.54. The number of hydrazine groups is 1.